The second-order valence-electron chi connectivity index (χ2n) is 7.38. The van der Waals surface area contributed by atoms with Crippen LogP contribution in [-0.2, 0) is 32.0 Å². The molecule has 33 heavy (non-hydrogen) atoms. The lowest BCUT2D eigenvalue weighted by Crippen LogP contribution is -2.56. The summed E-state index contributed by atoms with van der Waals surface area (Å²) in [6.45, 7) is -4.03. The van der Waals surface area contributed by atoms with E-state index in [0.29, 0.717) is 12.0 Å². The molecule has 5 N–H and O–H groups in total. The van der Waals surface area contributed by atoms with Crippen molar-refractivity contribution in [2.75, 3.05) is 6.61 Å². The average molecular weight is 463 g/mol. The maximum atomic E-state index is 12.6. The van der Waals surface area contributed by atoms with Crippen LogP contribution in [-0.4, -0.2) is 54.2 Å². The van der Waals surface area contributed by atoms with Gasteiger partial charge in [0.05, 0.1) is 12.6 Å². The summed E-state index contributed by atoms with van der Waals surface area (Å²) in [6, 6.07) is 14.0. The van der Waals surface area contributed by atoms with Gasteiger partial charge in [0.25, 0.3) is 0 Å². The number of carboxylic acids is 1. The van der Waals surface area contributed by atoms with Crippen LogP contribution in [0, 0.1) is 0 Å². The van der Waals surface area contributed by atoms with Gasteiger partial charge in [-0.15, -0.1) is 0 Å². The van der Waals surface area contributed by atoms with Gasteiger partial charge in [0.15, 0.2) is 0 Å². The fourth-order valence-electron chi connectivity index (χ4n) is 3.05. The van der Waals surface area contributed by atoms with E-state index in [0.717, 1.165) is 5.56 Å². The quantitative estimate of drug-likeness (QED) is 0.356. The number of nitrogens with two attached hydrogens (primary N) is 1. The van der Waals surface area contributed by atoms with E-state index in [1.807, 2.05) is 30.3 Å². The topological polar surface area (TPSA) is 131 Å². The number of carbonyl (C=O) groups excluding carboxylic acids is 2. The van der Waals surface area contributed by atoms with E-state index in [2.05, 4.69) is 15.4 Å². The summed E-state index contributed by atoms with van der Waals surface area (Å²) in [7, 11) is 0. The van der Waals surface area contributed by atoms with E-state index in [9.17, 15) is 28.3 Å². The molecule has 2 rings (SSSR count). The Balaban J connectivity index is 2.00. The van der Waals surface area contributed by atoms with Crippen LogP contribution in [0.25, 0.3) is 0 Å². The van der Waals surface area contributed by atoms with Gasteiger partial charge >= 0.3 is 12.6 Å². The van der Waals surface area contributed by atoms with Gasteiger partial charge in [-0.2, -0.15) is 8.78 Å². The Morgan fingerprint density at radius 3 is 1.97 bits per heavy atom. The number of alkyl halides is 2. The number of benzene rings is 2. The third-order valence-electron chi connectivity index (χ3n) is 4.84. The lowest BCUT2D eigenvalue weighted by atomic mass is 10.0. The Kier molecular flexibility index (Phi) is 10.4. The fourth-order valence-corrected chi connectivity index (χ4v) is 3.05. The van der Waals surface area contributed by atoms with Crippen LogP contribution in [0.4, 0.5) is 8.78 Å². The maximum absolute atomic E-state index is 12.6. The highest BCUT2D eigenvalue weighted by atomic mass is 19.3. The highest BCUT2D eigenvalue weighted by Gasteiger charge is 2.29. The summed E-state index contributed by atoms with van der Waals surface area (Å²) >= 11 is 0. The molecule has 10 heteroatoms. The first-order chi connectivity index (χ1) is 15.8. The SMILES string of the molecule is N[C@@H](CCc1ccccc1)C(=O)N[C@@H](COC(F)F)C(=O)N[C@@H](Cc1ccccc1)C(=O)O. The molecule has 0 fully saturated rings. The van der Waals surface area contributed by atoms with Gasteiger partial charge in [-0.3, -0.25) is 9.59 Å². The molecular formula is C23H27F2N3O5. The Labute approximate surface area is 190 Å². The zero-order valence-electron chi connectivity index (χ0n) is 17.8. The van der Waals surface area contributed by atoms with Crippen LogP contribution in [0.15, 0.2) is 60.7 Å². The van der Waals surface area contributed by atoms with E-state index < -0.39 is 49.1 Å². The fraction of sp³-hybridized carbons (Fsp3) is 0.348. The minimum Gasteiger partial charge on any atom is -0.480 e. The number of aliphatic carboxylic acids is 1. The number of hydrogen-bond acceptors (Lipinski definition) is 5. The van der Waals surface area contributed by atoms with Gasteiger partial charge < -0.3 is 26.2 Å². The number of nitrogens with one attached hydrogen (secondary N) is 2. The number of carboxylic acid groups (broad SMARTS) is 1. The van der Waals surface area contributed by atoms with Crippen molar-refractivity contribution in [3.8, 4) is 0 Å². The third kappa shape index (κ3) is 9.34. The van der Waals surface area contributed by atoms with Crippen LogP contribution in [0.2, 0.25) is 0 Å². The van der Waals surface area contributed by atoms with Crippen LogP contribution in [0.1, 0.15) is 17.5 Å². The summed E-state index contributed by atoms with van der Waals surface area (Å²) in [5, 5.41) is 14.0. The molecule has 0 saturated carbocycles. The molecule has 0 saturated heterocycles. The minimum atomic E-state index is -3.18. The first-order valence-electron chi connectivity index (χ1n) is 10.3. The zero-order chi connectivity index (χ0) is 24.2. The number of hydrogen-bond donors (Lipinski definition) is 4. The summed E-state index contributed by atoms with van der Waals surface area (Å²) in [5.41, 5.74) is 7.50. The Morgan fingerprint density at radius 1 is 0.879 bits per heavy atom. The van der Waals surface area contributed by atoms with Crippen LogP contribution in [0.5, 0.6) is 0 Å². The number of ether oxygens (including phenoxy) is 1. The molecule has 0 spiro atoms. The van der Waals surface area contributed by atoms with Crippen LogP contribution >= 0.6 is 0 Å². The Morgan fingerprint density at radius 2 is 1.42 bits per heavy atom. The number of amides is 2. The Bertz CT molecular complexity index is 899. The smallest absolute Gasteiger partial charge is 0.345 e. The summed E-state index contributed by atoms with van der Waals surface area (Å²) in [5.74, 6) is -3.02. The van der Waals surface area contributed by atoms with E-state index >= 15 is 0 Å². The number of aryl methyl sites for hydroxylation is 1. The number of rotatable bonds is 13. The largest absolute Gasteiger partial charge is 0.480 e. The molecule has 3 atom stereocenters. The molecule has 2 aromatic carbocycles. The van der Waals surface area contributed by atoms with Crippen LogP contribution < -0.4 is 16.4 Å². The highest BCUT2D eigenvalue weighted by Crippen LogP contribution is 2.07. The Hall–Kier alpha value is -3.37. The van der Waals surface area contributed by atoms with Gasteiger partial charge in [-0.1, -0.05) is 60.7 Å². The second-order valence-corrected chi connectivity index (χ2v) is 7.38. The van der Waals surface area contributed by atoms with Crippen molar-refractivity contribution in [3.05, 3.63) is 71.8 Å². The molecule has 0 aliphatic heterocycles. The minimum absolute atomic E-state index is 0.0329. The van der Waals surface area contributed by atoms with Crippen molar-refractivity contribution in [2.45, 2.75) is 44.0 Å². The summed E-state index contributed by atoms with van der Waals surface area (Å²) in [6.07, 6.45) is 0.721. The first kappa shape index (κ1) is 25.9. The normalized spacial score (nSPS) is 13.7. The molecule has 178 valence electrons. The monoisotopic (exact) mass is 463 g/mol. The first-order valence-corrected chi connectivity index (χ1v) is 10.3. The second kappa shape index (κ2) is 13.2. The van der Waals surface area contributed by atoms with E-state index in [-0.39, 0.29) is 12.8 Å². The van der Waals surface area contributed by atoms with Crippen molar-refractivity contribution in [2.24, 2.45) is 5.73 Å². The van der Waals surface area contributed by atoms with Gasteiger partial charge in [-0.25, -0.2) is 4.79 Å². The van der Waals surface area contributed by atoms with Crippen molar-refractivity contribution < 1.29 is 33.0 Å². The van der Waals surface area contributed by atoms with Gasteiger partial charge in [0, 0.05) is 6.42 Å². The van der Waals surface area contributed by atoms with Crippen molar-refractivity contribution in [1.82, 2.24) is 10.6 Å². The zero-order valence-corrected chi connectivity index (χ0v) is 17.8. The lowest BCUT2D eigenvalue weighted by Gasteiger charge is -2.23. The molecule has 0 bridgehead atoms. The number of halogens is 2. The molecule has 2 amide bonds. The maximum Gasteiger partial charge on any atom is 0.345 e. The molecule has 0 heterocycles. The molecule has 0 aromatic heterocycles. The van der Waals surface area contributed by atoms with E-state index in [1.165, 1.54) is 0 Å². The summed E-state index contributed by atoms with van der Waals surface area (Å²) in [4.78, 5) is 36.7. The van der Waals surface area contributed by atoms with Gasteiger partial charge in [0.1, 0.15) is 12.1 Å². The standard InChI is InChI=1S/C23H27F2N3O5/c24-23(25)33-14-19(28-20(29)17(26)12-11-15-7-3-1-4-8-15)21(30)27-18(22(31)32)13-16-9-5-2-6-10-16/h1-10,17-19,23H,11-14,26H2,(H,27,30)(H,28,29)(H,31,32)/t17-,18-,19-/m0/s1. The van der Waals surface area contributed by atoms with Crippen molar-refractivity contribution in [1.29, 1.82) is 0 Å². The number of carbonyl (C=O) groups is 3. The molecule has 0 aliphatic rings. The summed E-state index contributed by atoms with van der Waals surface area (Å²) < 4.78 is 29.3. The molecule has 0 aliphatic carbocycles. The molecule has 8 nitrogen and oxygen atoms in total. The predicted octanol–water partition coefficient (Wildman–Crippen LogP) is 1.48. The highest BCUT2D eigenvalue weighted by molar-refractivity contribution is 5.91. The van der Waals surface area contributed by atoms with Gasteiger partial charge in [-0.05, 0) is 24.0 Å². The average Bonchev–Trinajstić information content (AvgIpc) is 2.80. The van der Waals surface area contributed by atoms with Crippen molar-refractivity contribution >= 4 is 17.8 Å². The van der Waals surface area contributed by atoms with Gasteiger partial charge in [0.2, 0.25) is 11.8 Å². The van der Waals surface area contributed by atoms with Crippen LogP contribution in [0.3, 0.4) is 0 Å². The van der Waals surface area contributed by atoms with Crippen molar-refractivity contribution in [3.63, 3.8) is 0 Å². The van der Waals surface area contributed by atoms with E-state index in [4.69, 9.17) is 5.73 Å². The third-order valence-corrected chi connectivity index (χ3v) is 4.84. The lowest BCUT2D eigenvalue weighted by molar-refractivity contribution is -0.150. The molecule has 0 unspecified atom stereocenters. The molecular weight excluding hydrogens is 436 g/mol. The van der Waals surface area contributed by atoms with E-state index in [1.54, 1.807) is 30.3 Å². The predicted molar refractivity (Wildman–Crippen MR) is 116 cm³/mol. The molecule has 0 radical (unpaired) electrons. The molecule has 2 aromatic rings.